The fourth-order valence-electron chi connectivity index (χ4n) is 1.14. The van der Waals surface area contributed by atoms with E-state index >= 15 is 0 Å². The standard InChI is InChI=1S/C9H12N4O2S/c1-7(2)12-16(14,15)9-5-3-4-8(6-9)11-13-10/h3-7,12H,1-2H3. The monoisotopic (exact) mass is 240 g/mol. The highest BCUT2D eigenvalue weighted by atomic mass is 32.2. The van der Waals surface area contributed by atoms with Crippen LogP contribution in [0.3, 0.4) is 0 Å². The smallest absolute Gasteiger partial charge is 0.209 e. The van der Waals surface area contributed by atoms with Crippen molar-refractivity contribution in [2.75, 3.05) is 0 Å². The third-order valence-corrected chi connectivity index (χ3v) is 3.34. The SMILES string of the molecule is CC(C)NS(=O)(=O)c1cccc(N=[N+]=[N-])c1. The van der Waals surface area contributed by atoms with Crippen LogP contribution in [0.1, 0.15) is 13.8 Å². The van der Waals surface area contributed by atoms with Crippen LogP contribution >= 0.6 is 0 Å². The van der Waals surface area contributed by atoms with Gasteiger partial charge < -0.3 is 0 Å². The molecule has 16 heavy (non-hydrogen) atoms. The van der Waals surface area contributed by atoms with Crippen molar-refractivity contribution in [1.29, 1.82) is 0 Å². The number of azide groups is 1. The van der Waals surface area contributed by atoms with Crippen LogP contribution in [-0.4, -0.2) is 14.5 Å². The number of nitrogens with one attached hydrogen (secondary N) is 1. The Morgan fingerprint density at radius 2 is 2.12 bits per heavy atom. The molecule has 86 valence electrons. The number of benzene rings is 1. The van der Waals surface area contributed by atoms with Crippen LogP contribution in [-0.2, 0) is 10.0 Å². The molecular weight excluding hydrogens is 228 g/mol. The largest absolute Gasteiger partial charge is 0.240 e. The fourth-order valence-corrected chi connectivity index (χ4v) is 2.43. The lowest BCUT2D eigenvalue weighted by Gasteiger charge is -2.09. The summed E-state index contributed by atoms with van der Waals surface area (Å²) < 4.78 is 25.9. The first-order valence-electron chi connectivity index (χ1n) is 4.63. The van der Waals surface area contributed by atoms with E-state index in [1.807, 2.05) is 0 Å². The quantitative estimate of drug-likeness (QED) is 0.496. The summed E-state index contributed by atoms with van der Waals surface area (Å²) in [6.45, 7) is 3.46. The molecule has 0 atom stereocenters. The molecule has 1 aromatic rings. The molecule has 0 heterocycles. The molecule has 7 heteroatoms. The molecule has 1 rings (SSSR count). The van der Waals surface area contributed by atoms with E-state index in [1.165, 1.54) is 24.3 Å². The first-order valence-corrected chi connectivity index (χ1v) is 6.11. The van der Waals surface area contributed by atoms with Gasteiger partial charge in [0.15, 0.2) is 0 Å². The summed E-state index contributed by atoms with van der Waals surface area (Å²) in [6.07, 6.45) is 0. The lowest BCUT2D eigenvalue weighted by molar-refractivity contribution is 0.570. The first-order chi connectivity index (χ1) is 7.45. The molecular formula is C9H12N4O2S. The molecule has 1 N–H and O–H groups in total. The maximum atomic E-state index is 11.8. The fraction of sp³-hybridized carbons (Fsp3) is 0.333. The van der Waals surface area contributed by atoms with Gasteiger partial charge in [0.2, 0.25) is 10.0 Å². The minimum absolute atomic E-state index is 0.0890. The zero-order valence-electron chi connectivity index (χ0n) is 8.95. The van der Waals surface area contributed by atoms with Gasteiger partial charge in [-0.05, 0) is 31.5 Å². The van der Waals surface area contributed by atoms with Crippen LogP contribution in [0.2, 0.25) is 0 Å². The molecule has 0 fully saturated rings. The van der Waals surface area contributed by atoms with Gasteiger partial charge in [0.25, 0.3) is 0 Å². The Morgan fingerprint density at radius 3 is 2.69 bits per heavy atom. The number of nitrogens with zero attached hydrogens (tertiary/aromatic N) is 3. The Morgan fingerprint density at radius 1 is 1.44 bits per heavy atom. The molecule has 1 aromatic carbocycles. The number of hydrogen-bond donors (Lipinski definition) is 1. The summed E-state index contributed by atoms with van der Waals surface area (Å²) in [5.41, 5.74) is 8.52. The summed E-state index contributed by atoms with van der Waals surface area (Å²) in [5, 5.41) is 3.35. The van der Waals surface area contributed by atoms with Crippen molar-refractivity contribution in [3.63, 3.8) is 0 Å². The lowest BCUT2D eigenvalue weighted by atomic mass is 10.3. The zero-order chi connectivity index (χ0) is 12.2. The Labute approximate surface area is 94.0 Å². The van der Waals surface area contributed by atoms with Gasteiger partial charge in [-0.25, -0.2) is 13.1 Å². The van der Waals surface area contributed by atoms with E-state index in [-0.39, 0.29) is 16.6 Å². The zero-order valence-corrected chi connectivity index (χ0v) is 9.77. The van der Waals surface area contributed by atoms with Crippen LogP contribution in [0.25, 0.3) is 10.4 Å². The second-order valence-corrected chi connectivity index (χ2v) is 5.18. The molecule has 0 spiro atoms. The molecule has 0 saturated carbocycles. The molecule has 0 aliphatic rings. The summed E-state index contributed by atoms with van der Waals surface area (Å²) >= 11 is 0. The van der Waals surface area contributed by atoms with Gasteiger partial charge in [-0.2, -0.15) is 0 Å². The van der Waals surface area contributed by atoms with Crippen molar-refractivity contribution in [3.8, 4) is 0 Å². The predicted octanol–water partition coefficient (Wildman–Crippen LogP) is 2.32. The topological polar surface area (TPSA) is 94.9 Å². The van der Waals surface area contributed by atoms with Crippen molar-refractivity contribution in [3.05, 3.63) is 34.7 Å². The Bertz CT molecular complexity index is 518. The summed E-state index contributed by atoms with van der Waals surface area (Å²) in [4.78, 5) is 2.69. The minimum atomic E-state index is -3.53. The van der Waals surface area contributed by atoms with Crippen molar-refractivity contribution in [2.24, 2.45) is 5.11 Å². The summed E-state index contributed by atoms with van der Waals surface area (Å²) in [6, 6.07) is 5.64. The Hall–Kier alpha value is -1.56. The second-order valence-electron chi connectivity index (χ2n) is 3.46. The van der Waals surface area contributed by atoms with Crippen molar-refractivity contribution < 1.29 is 8.42 Å². The molecule has 0 unspecified atom stereocenters. The Balaban J connectivity index is 3.13. The van der Waals surface area contributed by atoms with Crippen molar-refractivity contribution >= 4 is 15.7 Å². The second kappa shape index (κ2) is 4.98. The van der Waals surface area contributed by atoms with E-state index in [0.717, 1.165) is 0 Å². The van der Waals surface area contributed by atoms with Crippen LogP contribution in [0.4, 0.5) is 5.69 Å². The molecule has 0 aliphatic carbocycles. The van der Waals surface area contributed by atoms with Gasteiger partial charge in [-0.3, -0.25) is 0 Å². The molecule has 0 radical (unpaired) electrons. The summed E-state index contributed by atoms with van der Waals surface area (Å²) in [7, 11) is -3.53. The highest BCUT2D eigenvalue weighted by Crippen LogP contribution is 2.18. The van der Waals surface area contributed by atoms with Crippen molar-refractivity contribution in [2.45, 2.75) is 24.8 Å². The lowest BCUT2D eigenvalue weighted by Crippen LogP contribution is -2.30. The molecule has 6 nitrogen and oxygen atoms in total. The van der Waals surface area contributed by atoms with Gasteiger partial charge in [0.05, 0.1) is 4.90 Å². The van der Waals surface area contributed by atoms with E-state index in [0.29, 0.717) is 0 Å². The first kappa shape index (κ1) is 12.5. The van der Waals surface area contributed by atoms with Crippen LogP contribution in [0.5, 0.6) is 0 Å². The van der Waals surface area contributed by atoms with Crippen molar-refractivity contribution in [1.82, 2.24) is 4.72 Å². The highest BCUT2D eigenvalue weighted by molar-refractivity contribution is 7.89. The summed E-state index contributed by atoms with van der Waals surface area (Å²) in [5.74, 6) is 0. The molecule has 0 bridgehead atoms. The predicted molar refractivity (Wildman–Crippen MR) is 60.7 cm³/mol. The number of sulfonamides is 1. The van der Waals surface area contributed by atoms with Gasteiger partial charge in [0.1, 0.15) is 0 Å². The maximum absolute atomic E-state index is 11.8. The molecule has 0 aliphatic heterocycles. The minimum Gasteiger partial charge on any atom is -0.209 e. The molecule has 0 saturated heterocycles. The van der Waals surface area contributed by atoms with E-state index in [4.69, 9.17) is 5.53 Å². The van der Waals surface area contributed by atoms with Gasteiger partial charge in [0, 0.05) is 16.6 Å². The van der Waals surface area contributed by atoms with E-state index in [2.05, 4.69) is 14.7 Å². The highest BCUT2D eigenvalue weighted by Gasteiger charge is 2.14. The van der Waals surface area contributed by atoms with Crippen LogP contribution < -0.4 is 4.72 Å². The van der Waals surface area contributed by atoms with Gasteiger partial charge in [-0.15, -0.1) is 0 Å². The van der Waals surface area contributed by atoms with E-state index in [9.17, 15) is 8.42 Å². The number of hydrogen-bond acceptors (Lipinski definition) is 3. The van der Waals surface area contributed by atoms with Crippen LogP contribution in [0.15, 0.2) is 34.3 Å². The third-order valence-electron chi connectivity index (χ3n) is 1.68. The van der Waals surface area contributed by atoms with Gasteiger partial charge >= 0.3 is 0 Å². The Kier molecular flexibility index (Phi) is 3.89. The number of rotatable bonds is 4. The normalized spacial score (nSPS) is 11.2. The average Bonchev–Trinajstić information content (AvgIpc) is 2.16. The molecule has 0 aromatic heterocycles. The van der Waals surface area contributed by atoms with Gasteiger partial charge in [-0.1, -0.05) is 17.2 Å². The van der Waals surface area contributed by atoms with Crippen LogP contribution in [0, 0.1) is 0 Å². The third kappa shape index (κ3) is 3.23. The average molecular weight is 240 g/mol. The van der Waals surface area contributed by atoms with E-state index in [1.54, 1.807) is 13.8 Å². The molecule has 0 amide bonds. The maximum Gasteiger partial charge on any atom is 0.240 e. The van der Waals surface area contributed by atoms with E-state index < -0.39 is 10.0 Å².